The normalized spacial score (nSPS) is 11.4. The summed E-state index contributed by atoms with van der Waals surface area (Å²) in [6.07, 6.45) is 0. The molecule has 0 radical (unpaired) electrons. The quantitative estimate of drug-likeness (QED) is 0.799. The first kappa shape index (κ1) is 10.6. The van der Waals surface area contributed by atoms with E-state index in [0.717, 1.165) is 12.3 Å². The summed E-state index contributed by atoms with van der Waals surface area (Å²) in [5.74, 6) is 1.12. The fourth-order valence-electron chi connectivity index (χ4n) is 1.46. The molecule has 0 aliphatic carbocycles. The number of nitrogens with zero attached hydrogens (tertiary/aromatic N) is 1. The summed E-state index contributed by atoms with van der Waals surface area (Å²) in [4.78, 5) is 5.62. The van der Waals surface area contributed by atoms with E-state index in [0.29, 0.717) is 0 Å². The lowest BCUT2D eigenvalue weighted by Crippen LogP contribution is -2.14. The van der Waals surface area contributed by atoms with Crippen LogP contribution in [0.1, 0.15) is 0 Å². The van der Waals surface area contributed by atoms with Crippen LogP contribution in [0.3, 0.4) is 0 Å². The van der Waals surface area contributed by atoms with Crippen LogP contribution in [0, 0.1) is 0 Å². The Morgan fingerprint density at radius 3 is 2.80 bits per heavy atom. The Bertz CT molecular complexity index is 401. The van der Waals surface area contributed by atoms with E-state index in [1.807, 2.05) is 11.8 Å². The topological polar surface area (TPSA) is 19.0 Å². The Morgan fingerprint density at radius 2 is 2.07 bits per heavy atom. The number of fused-ring (bicyclic) bond motifs is 1. The molecule has 2 rings (SSSR count). The van der Waals surface area contributed by atoms with Gasteiger partial charge < -0.3 is 9.88 Å². The molecule has 0 spiro atoms. The van der Waals surface area contributed by atoms with Crippen molar-refractivity contribution in [2.45, 2.75) is 5.03 Å². The van der Waals surface area contributed by atoms with Crippen molar-refractivity contribution in [1.29, 1.82) is 0 Å². The van der Waals surface area contributed by atoms with Gasteiger partial charge in [-0.25, -0.2) is 0 Å². The maximum absolute atomic E-state index is 3.41. The van der Waals surface area contributed by atoms with Gasteiger partial charge in [-0.15, -0.1) is 11.8 Å². The minimum Gasteiger partial charge on any atom is -0.350 e. The van der Waals surface area contributed by atoms with Crippen molar-refractivity contribution in [3.63, 3.8) is 0 Å². The van der Waals surface area contributed by atoms with Crippen LogP contribution in [-0.2, 0) is 0 Å². The summed E-state index contributed by atoms with van der Waals surface area (Å²) in [6.45, 7) is 1.11. The second kappa shape index (κ2) is 4.73. The Morgan fingerprint density at radius 1 is 1.27 bits per heavy atom. The lowest BCUT2D eigenvalue weighted by Gasteiger charge is -2.07. The highest BCUT2D eigenvalue weighted by molar-refractivity contribution is 7.99. The molecule has 1 aromatic heterocycles. The van der Waals surface area contributed by atoms with Gasteiger partial charge in [-0.05, 0) is 26.2 Å². The maximum atomic E-state index is 3.41. The van der Waals surface area contributed by atoms with Gasteiger partial charge in [-0.2, -0.15) is 0 Å². The van der Waals surface area contributed by atoms with Crippen molar-refractivity contribution in [3.05, 3.63) is 30.3 Å². The van der Waals surface area contributed by atoms with Crippen LogP contribution in [0.25, 0.3) is 10.9 Å². The Balaban J connectivity index is 2.03. The summed E-state index contributed by atoms with van der Waals surface area (Å²) in [5, 5.41) is 2.56. The molecule has 80 valence electrons. The Labute approximate surface area is 94.7 Å². The molecule has 0 saturated heterocycles. The fourth-order valence-corrected chi connectivity index (χ4v) is 2.53. The molecule has 0 fully saturated rings. The number of thioether (sulfide) groups is 1. The first-order valence-corrected chi connectivity index (χ1v) is 6.09. The number of aromatic amines is 1. The fraction of sp³-hybridized carbons (Fsp3) is 0.333. The van der Waals surface area contributed by atoms with Gasteiger partial charge >= 0.3 is 0 Å². The van der Waals surface area contributed by atoms with Crippen molar-refractivity contribution < 1.29 is 0 Å². The molecule has 1 N–H and O–H groups in total. The number of benzene rings is 1. The maximum Gasteiger partial charge on any atom is 0.0732 e. The molecule has 2 nitrogen and oxygen atoms in total. The molecule has 0 amide bonds. The highest BCUT2D eigenvalue weighted by Gasteiger charge is 2.00. The van der Waals surface area contributed by atoms with Gasteiger partial charge in [0.25, 0.3) is 0 Å². The Hall–Kier alpha value is -0.930. The van der Waals surface area contributed by atoms with Crippen LogP contribution in [0.15, 0.2) is 35.4 Å². The van der Waals surface area contributed by atoms with Crippen molar-refractivity contribution in [2.75, 3.05) is 26.4 Å². The van der Waals surface area contributed by atoms with Crippen LogP contribution in [0.2, 0.25) is 0 Å². The molecular formula is C12H16N2S. The zero-order valence-corrected chi connectivity index (χ0v) is 9.97. The third-order valence-corrected chi connectivity index (χ3v) is 3.22. The van der Waals surface area contributed by atoms with E-state index < -0.39 is 0 Å². The highest BCUT2D eigenvalue weighted by Crippen LogP contribution is 2.22. The van der Waals surface area contributed by atoms with Crippen LogP contribution < -0.4 is 0 Å². The van der Waals surface area contributed by atoms with E-state index in [4.69, 9.17) is 0 Å². The van der Waals surface area contributed by atoms with Crippen molar-refractivity contribution >= 4 is 22.7 Å². The number of para-hydroxylation sites is 1. The number of H-pyrrole nitrogens is 1. The standard InChI is InChI=1S/C12H16N2S/c1-14(2)7-8-15-12-9-10-5-3-4-6-11(10)13-12/h3-6,9,13H,7-8H2,1-2H3. The van der Waals surface area contributed by atoms with E-state index in [2.05, 4.69) is 54.3 Å². The molecule has 0 atom stereocenters. The van der Waals surface area contributed by atoms with Crippen LogP contribution in [-0.4, -0.2) is 36.3 Å². The van der Waals surface area contributed by atoms with Crippen LogP contribution in [0.5, 0.6) is 0 Å². The molecule has 1 heterocycles. The predicted molar refractivity (Wildman–Crippen MR) is 67.6 cm³/mol. The summed E-state index contributed by atoms with van der Waals surface area (Å²) in [5.41, 5.74) is 1.23. The van der Waals surface area contributed by atoms with E-state index in [9.17, 15) is 0 Å². The predicted octanol–water partition coefficient (Wildman–Crippen LogP) is 2.82. The zero-order valence-electron chi connectivity index (χ0n) is 9.16. The molecule has 2 aromatic rings. The average Bonchev–Trinajstić information content (AvgIpc) is 2.59. The Kier molecular flexibility index (Phi) is 3.34. The molecule has 0 bridgehead atoms. The van der Waals surface area contributed by atoms with Gasteiger partial charge in [0.05, 0.1) is 5.03 Å². The van der Waals surface area contributed by atoms with Crippen molar-refractivity contribution in [3.8, 4) is 0 Å². The van der Waals surface area contributed by atoms with Gasteiger partial charge in [-0.1, -0.05) is 18.2 Å². The second-order valence-corrected chi connectivity index (χ2v) is 5.01. The molecule has 0 aliphatic rings. The highest BCUT2D eigenvalue weighted by atomic mass is 32.2. The zero-order chi connectivity index (χ0) is 10.7. The number of nitrogens with one attached hydrogen (secondary N) is 1. The number of hydrogen-bond donors (Lipinski definition) is 1. The van der Waals surface area contributed by atoms with E-state index in [1.165, 1.54) is 15.9 Å². The monoisotopic (exact) mass is 220 g/mol. The smallest absolute Gasteiger partial charge is 0.0732 e. The number of hydrogen-bond acceptors (Lipinski definition) is 2. The largest absolute Gasteiger partial charge is 0.350 e. The summed E-state index contributed by atoms with van der Waals surface area (Å²) in [7, 11) is 4.21. The average molecular weight is 220 g/mol. The van der Waals surface area contributed by atoms with E-state index in [-0.39, 0.29) is 0 Å². The third-order valence-electron chi connectivity index (χ3n) is 2.30. The van der Waals surface area contributed by atoms with Gasteiger partial charge in [0, 0.05) is 23.2 Å². The second-order valence-electron chi connectivity index (χ2n) is 3.87. The van der Waals surface area contributed by atoms with Gasteiger partial charge in [-0.3, -0.25) is 0 Å². The van der Waals surface area contributed by atoms with Crippen LogP contribution in [0.4, 0.5) is 0 Å². The minimum atomic E-state index is 1.11. The summed E-state index contributed by atoms with van der Waals surface area (Å²) >= 11 is 1.88. The third kappa shape index (κ3) is 2.76. The molecule has 0 saturated carbocycles. The molecule has 0 unspecified atom stereocenters. The number of rotatable bonds is 4. The number of aromatic nitrogens is 1. The summed E-state index contributed by atoms with van der Waals surface area (Å²) in [6, 6.07) is 10.6. The van der Waals surface area contributed by atoms with E-state index in [1.54, 1.807) is 0 Å². The molecule has 1 aromatic carbocycles. The van der Waals surface area contributed by atoms with Crippen molar-refractivity contribution in [1.82, 2.24) is 9.88 Å². The summed E-state index contributed by atoms with van der Waals surface area (Å²) < 4.78 is 0. The van der Waals surface area contributed by atoms with Crippen LogP contribution >= 0.6 is 11.8 Å². The van der Waals surface area contributed by atoms with Gasteiger partial charge in [0.1, 0.15) is 0 Å². The first-order chi connectivity index (χ1) is 7.25. The minimum absolute atomic E-state index is 1.11. The first-order valence-electron chi connectivity index (χ1n) is 5.11. The lowest BCUT2D eigenvalue weighted by molar-refractivity contribution is 0.437. The molecular weight excluding hydrogens is 204 g/mol. The molecule has 15 heavy (non-hydrogen) atoms. The molecule has 0 aliphatic heterocycles. The lowest BCUT2D eigenvalue weighted by atomic mass is 10.3. The van der Waals surface area contributed by atoms with Gasteiger partial charge in [0.2, 0.25) is 0 Å². The van der Waals surface area contributed by atoms with Crippen molar-refractivity contribution in [2.24, 2.45) is 0 Å². The van der Waals surface area contributed by atoms with E-state index >= 15 is 0 Å². The van der Waals surface area contributed by atoms with Gasteiger partial charge in [0.15, 0.2) is 0 Å². The SMILES string of the molecule is CN(C)CCSc1cc2ccccc2[nH]1. The molecule has 3 heteroatoms.